The maximum atomic E-state index is 9.35. The molecule has 1 fully saturated rings. The highest BCUT2D eigenvalue weighted by molar-refractivity contribution is 7.22. The number of nitriles is 1. The number of thiazole rings is 1. The fourth-order valence-corrected chi connectivity index (χ4v) is 5.20. The minimum atomic E-state index is -0.557. The van der Waals surface area contributed by atoms with E-state index < -0.39 is 6.35 Å². The molecule has 2 aliphatic rings. The van der Waals surface area contributed by atoms with Gasteiger partial charge in [0, 0.05) is 44.6 Å². The van der Waals surface area contributed by atoms with E-state index in [1.54, 1.807) is 17.6 Å². The molecule has 3 aromatic rings. The van der Waals surface area contributed by atoms with E-state index in [4.69, 9.17) is 9.72 Å². The molecule has 8 heteroatoms. The van der Waals surface area contributed by atoms with Gasteiger partial charge in [-0.1, -0.05) is 47.7 Å². The first-order valence-electron chi connectivity index (χ1n) is 11.5. The van der Waals surface area contributed by atoms with Crippen molar-refractivity contribution in [2.75, 3.05) is 38.1 Å². The summed E-state index contributed by atoms with van der Waals surface area (Å²) >= 11 is 1.58. The van der Waals surface area contributed by atoms with E-state index in [9.17, 15) is 5.26 Å². The smallest absolute Gasteiger partial charge is 0.234 e. The lowest BCUT2D eigenvalue weighted by atomic mass is 10.1. The number of hydrogen-bond acceptors (Lipinski definition) is 8. The number of hydrogen-bond donors (Lipinski definition) is 0. The Hall–Kier alpha value is -3.09. The van der Waals surface area contributed by atoms with Crippen molar-refractivity contribution >= 4 is 32.9 Å². The van der Waals surface area contributed by atoms with Crippen LogP contribution in [0.2, 0.25) is 0 Å². The van der Waals surface area contributed by atoms with Crippen LogP contribution in [0.1, 0.15) is 17.5 Å². The van der Waals surface area contributed by atoms with Crippen LogP contribution >= 0.6 is 11.3 Å². The van der Waals surface area contributed by atoms with E-state index >= 15 is 0 Å². The Morgan fingerprint density at radius 2 is 1.82 bits per heavy atom. The van der Waals surface area contributed by atoms with Crippen molar-refractivity contribution in [2.45, 2.75) is 25.9 Å². The third-order valence-corrected chi connectivity index (χ3v) is 7.22. The molecule has 3 heterocycles. The Morgan fingerprint density at radius 1 is 1.06 bits per heavy atom. The van der Waals surface area contributed by atoms with E-state index in [2.05, 4.69) is 58.2 Å². The molecular weight excluding hydrogens is 444 g/mol. The number of fused-ring (bicyclic) bond motifs is 1. The molecule has 0 radical (unpaired) electrons. The highest BCUT2D eigenvalue weighted by atomic mass is 32.1. The summed E-state index contributed by atoms with van der Waals surface area (Å²) in [4.78, 5) is 16.1. The predicted molar refractivity (Wildman–Crippen MR) is 137 cm³/mol. The van der Waals surface area contributed by atoms with Gasteiger partial charge in [0.05, 0.1) is 29.3 Å². The Kier molecular flexibility index (Phi) is 6.97. The predicted octanol–water partition coefficient (Wildman–Crippen LogP) is 4.23. The number of benzene rings is 2. The Balaban J connectivity index is 1.26. The number of nitrogens with zero attached hydrogens (tertiary/aromatic N) is 6. The topological polar surface area (TPSA) is 68.0 Å². The van der Waals surface area contributed by atoms with Crippen LogP contribution in [0.15, 0.2) is 65.3 Å². The largest absolute Gasteiger partial charge is 0.334 e. The molecular formula is C26H28N6OS. The standard InChI is InChI=1S/C26H28N6OS/c1-30-14-16-31(17-15-30)18-20-6-8-21(9-7-20)19-33-25-28-13-11-22(10-12-27)32(25)26-29-23-4-2-3-5-24(23)34-26/h2-9,11,13,25H,10,14-19H2,1H3. The molecule has 0 amide bonds. The minimum Gasteiger partial charge on any atom is -0.334 e. The quantitative estimate of drug-likeness (QED) is 0.513. The Morgan fingerprint density at radius 3 is 2.59 bits per heavy atom. The molecule has 1 atom stereocenters. The van der Waals surface area contributed by atoms with Crippen molar-refractivity contribution in [1.82, 2.24) is 14.8 Å². The second kappa shape index (κ2) is 10.5. The van der Waals surface area contributed by atoms with E-state index in [0.29, 0.717) is 6.61 Å². The van der Waals surface area contributed by atoms with Gasteiger partial charge in [0.25, 0.3) is 0 Å². The lowest BCUT2D eigenvalue weighted by Crippen LogP contribution is -2.43. The summed E-state index contributed by atoms with van der Waals surface area (Å²) in [7, 11) is 2.18. The molecule has 0 spiro atoms. The van der Waals surface area contributed by atoms with Gasteiger partial charge in [-0.2, -0.15) is 5.26 Å². The molecule has 1 aromatic heterocycles. The van der Waals surface area contributed by atoms with Gasteiger partial charge in [0.2, 0.25) is 6.35 Å². The van der Waals surface area contributed by atoms with E-state index in [-0.39, 0.29) is 6.42 Å². The van der Waals surface area contributed by atoms with Crippen molar-refractivity contribution in [1.29, 1.82) is 5.26 Å². The molecule has 7 nitrogen and oxygen atoms in total. The summed E-state index contributed by atoms with van der Waals surface area (Å²) in [5.41, 5.74) is 4.18. The van der Waals surface area contributed by atoms with Crippen LogP contribution in [0.5, 0.6) is 0 Å². The van der Waals surface area contributed by atoms with Gasteiger partial charge < -0.3 is 9.64 Å². The van der Waals surface area contributed by atoms with Crippen molar-refractivity contribution in [3.63, 3.8) is 0 Å². The van der Waals surface area contributed by atoms with Crippen LogP contribution in [0.3, 0.4) is 0 Å². The average Bonchev–Trinajstić information content (AvgIpc) is 3.29. The SMILES string of the molecule is CN1CCN(Cc2ccc(COC3N=CC=C(CC#N)N3c3nc4ccccc4s3)cc2)CC1. The maximum Gasteiger partial charge on any atom is 0.234 e. The molecule has 0 saturated carbocycles. The van der Waals surface area contributed by atoms with Crippen LogP contribution in [0.4, 0.5) is 5.13 Å². The number of piperazine rings is 1. The normalized spacial score (nSPS) is 19.4. The molecule has 0 aliphatic carbocycles. The lowest BCUT2D eigenvalue weighted by molar-refractivity contribution is 0.0480. The number of aromatic nitrogens is 1. The third-order valence-electron chi connectivity index (χ3n) is 6.18. The highest BCUT2D eigenvalue weighted by Crippen LogP contribution is 2.34. The average molecular weight is 473 g/mol. The van der Waals surface area contributed by atoms with Gasteiger partial charge in [-0.15, -0.1) is 0 Å². The second-order valence-corrected chi connectivity index (χ2v) is 9.67. The van der Waals surface area contributed by atoms with Crippen LogP contribution in [-0.4, -0.2) is 60.6 Å². The first kappa shape index (κ1) is 22.7. The molecule has 34 heavy (non-hydrogen) atoms. The summed E-state index contributed by atoms with van der Waals surface area (Å²) < 4.78 is 7.33. The number of likely N-dealkylation sites (N-methyl/N-ethyl adjacent to an activating group) is 1. The summed E-state index contributed by atoms with van der Waals surface area (Å²) in [6.45, 7) is 5.89. The first-order valence-corrected chi connectivity index (χ1v) is 12.4. The maximum absolute atomic E-state index is 9.35. The van der Waals surface area contributed by atoms with E-state index in [0.717, 1.165) is 59.3 Å². The van der Waals surface area contributed by atoms with E-state index in [1.807, 2.05) is 29.2 Å². The third kappa shape index (κ3) is 5.18. The summed E-state index contributed by atoms with van der Waals surface area (Å²) in [5, 5.41) is 10.1. The first-order chi connectivity index (χ1) is 16.7. The molecule has 174 valence electrons. The zero-order valence-corrected chi connectivity index (χ0v) is 20.1. The highest BCUT2D eigenvalue weighted by Gasteiger charge is 2.27. The van der Waals surface area contributed by atoms with Crippen LogP contribution in [0, 0.1) is 11.3 Å². The molecule has 5 rings (SSSR count). The number of ether oxygens (including phenoxy) is 1. The summed E-state index contributed by atoms with van der Waals surface area (Å²) in [5.74, 6) is 0. The number of allylic oxidation sites excluding steroid dienone is 2. The molecule has 2 aromatic carbocycles. The number of para-hydroxylation sites is 1. The number of aliphatic imine (C=N–C) groups is 1. The molecule has 1 unspecified atom stereocenters. The van der Waals surface area contributed by atoms with Gasteiger partial charge in [-0.05, 0) is 36.4 Å². The molecule has 0 N–H and O–H groups in total. The molecule has 1 saturated heterocycles. The second-order valence-electron chi connectivity index (χ2n) is 8.66. The van der Waals surface area contributed by atoms with Crippen molar-refractivity contribution < 1.29 is 4.74 Å². The molecule has 2 aliphatic heterocycles. The van der Waals surface area contributed by atoms with Crippen LogP contribution in [-0.2, 0) is 17.9 Å². The zero-order valence-electron chi connectivity index (χ0n) is 19.3. The Bertz CT molecular complexity index is 1190. The fourth-order valence-electron chi connectivity index (χ4n) is 4.19. The zero-order chi connectivity index (χ0) is 23.3. The number of rotatable bonds is 7. The monoisotopic (exact) mass is 472 g/mol. The van der Waals surface area contributed by atoms with Gasteiger partial charge in [0.15, 0.2) is 5.13 Å². The van der Waals surface area contributed by atoms with Gasteiger partial charge >= 0.3 is 0 Å². The minimum absolute atomic E-state index is 0.267. The van der Waals surface area contributed by atoms with Gasteiger partial charge in [-0.3, -0.25) is 9.80 Å². The van der Waals surface area contributed by atoms with Crippen LogP contribution < -0.4 is 4.90 Å². The van der Waals surface area contributed by atoms with Crippen LogP contribution in [0.25, 0.3) is 10.2 Å². The Labute approximate surface area is 204 Å². The van der Waals surface area contributed by atoms with Crippen molar-refractivity contribution in [2.24, 2.45) is 4.99 Å². The number of anilines is 1. The lowest BCUT2D eigenvalue weighted by Gasteiger charge is -2.32. The van der Waals surface area contributed by atoms with Crippen molar-refractivity contribution in [3.8, 4) is 6.07 Å². The van der Waals surface area contributed by atoms with E-state index in [1.165, 1.54) is 5.56 Å². The van der Waals surface area contributed by atoms with Gasteiger partial charge in [-0.25, -0.2) is 9.98 Å². The van der Waals surface area contributed by atoms with Crippen molar-refractivity contribution in [3.05, 3.63) is 71.4 Å². The van der Waals surface area contributed by atoms with Gasteiger partial charge in [0.1, 0.15) is 0 Å². The molecule has 0 bridgehead atoms. The summed E-state index contributed by atoms with van der Waals surface area (Å²) in [6.07, 6.45) is 3.30. The summed E-state index contributed by atoms with van der Waals surface area (Å²) in [6, 6.07) is 18.9. The fraction of sp³-hybridized carbons (Fsp3) is 0.346.